The predicted octanol–water partition coefficient (Wildman–Crippen LogP) is 5.17. The molecule has 1 heterocycles. The predicted molar refractivity (Wildman–Crippen MR) is 101 cm³/mol. The Labute approximate surface area is 159 Å². The van der Waals surface area contributed by atoms with Crippen LogP contribution in [-0.4, -0.2) is 13.0 Å². The molecule has 27 heavy (non-hydrogen) atoms. The molecule has 0 radical (unpaired) electrons. The van der Waals surface area contributed by atoms with E-state index in [1.54, 1.807) is 17.5 Å². The number of anilines is 1. The Morgan fingerprint density at radius 2 is 1.89 bits per heavy atom. The molecule has 1 amide bonds. The molecule has 0 saturated heterocycles. The van der Waals surface area contributed by atoms with Crippen LogP contribution in [0.4, 0.5) is 14.5 Å². The molecule has 140 valence electrons. The first-order valence-corrected chi connectivity index (χ1v) is 8.95. The van der Waals surface area contributed by atoms with Gasteiger partial charge in [0.2, 0.25) is 0 Å². The van der Waals surface area contributed by atoms with Crippen molar-refractivity contribution in [1.29, 1.82) is 0 Å². The summed E-state index contributed by atoms with van der Waals surface area (Å²) >= 11 is 1.25. The average molecular weight is 389 g/mol. The third kappa shape index (κ3) is 4.62. The summed E-state index contributed by atoms with van der Waals surface area (Å²) in [4.78, 5) is 13.0. The van der Waals surface area contributed by atoms with E-state index in [1.807, 2.05) is 19.1 Å². The second kappa shape index (κ2) is 8.18. The largest absolute Gasteiger partial charge is 0.495 e. The fourth-order valence-electron chi connectivity index (χ4n) is 2.43. The van der Waals surface area contributed by atoms with Crippen LogP contribution < -0.4 is 14.8 Å². The first-order valence-electron chi connectivity index (χ1n) is 8.07. The Hall–Kier alpha value is -2.93. The lowest BCUT2D eigenvalue weighted by Crippen LogP contribution is -2.11. The van der Waals surface area contributed by atoms with Crippen molar-refractivity contribution in [3.05, 3.63) is 75.5 Å². The molecule has 2 aromatic carbocycles. The molecule has 0 spiro atoms. The van der Waals surface area contributed by atoms with Crippen molar-refractivity contribution in [2.45, 2.75) is 13.5 Å². The van der Waals surface area contributed by atoms with Gasteiger partial charge in [-0.05, 0) is 48.2 Å². The summed E-state index contributed by atoms with van der Waals surface area (Å²) in [5.74, 6) is -1.18. The SMILES string of the molecule is COc1ccc(C)cc1NC(=O)c1cc(COc2ccc(F)cc2F)cs1. The number of aryl methyl sites for hydroxylation is 1. The fourth-order valence-corrected chi connectivity index (χ4v) is 3.22. The van der Waals surface area contributed by atoms with Crippen molar-refractivity contribution in [3.8, 4) is 11.5 Å². The van der Waals surface area contributed by atoms with Crippen LogP contribution in [0, 0.1) is 18.6 Å². The van der Waals surface area contributed by atoms with Gasteiger partial charge in [-0.15, -0.1) is 11.3 Å². The van der Waals surface area contributed by atoms with E-state index in [0.29, 0.717) is 21.9 Å². The number of carbonyl (C=O) groups is 1. The molecule has 0 fully saturated rings. The van der Waals surface area contributed by atoms with Crippen LogP contribution in [-0.2, 0) is 6.61 Å². The van der Waals surface area contributed by atoms with Gasteiger partial charge in [-0.25, -0.2) is 8.78 Å². The molecule has 3 rings (SSSR count). The topological polar surface area (TPSA) is 47.6 Å². The number of nitrogens with one attached hydrogen (secondary N) is 1. The van der Waals surface area contributed by atoms with Crippen molar-refractivity contribution in [3.63, 3.8) is 0 Å². The number of hydrogen-bond acceptors (Lipinski definition) is 4. The van der Waals surface area contributed by atoms with Crippen LogP contribution in [0.3, 0.4) is 0 Å². The first-order chi connectivity index (χ1) is 13.0. The third-order valence-electron chi connectivity index (χ3n) is 3.77. The lowest BCUT2D eigenvalue weighted by molar-refractivity contribution is 0.103. The minimum atomic E-state index is -0.769. The van der Waals surface area contributed by atoms with Gasteiger partial charge < -0.3 is 14.8 Å². The third-order valence-corrected chi connectivity index (χ3v) is 4.75. The zero-order valence-electron chi connectivity index (χ0n) is 14.7. The zero-order chi connectivity index (χ0) is 19.4. The van der Waals surface area contributed by atoms with Crippen LogP contribution in [0.15, 0.2) is 47.8 Å². The number of hydrogen-bond donors (Lipinski definition) is 1. The van der Waals surface area contributed by atoms with E-state index in [2.05, 4.69) is 5.32 Å². The summed E-state index contributed by atoms with van der Waals surface area (Å²) in [6, 6.07) is 10.3. The molecule has 0 aliphatic heterocycles. The maximum Gasteiger partial charge on any atom is 0.265 e. The highest BCUT2D eigenvalue weighted by atomic mass is 32.1. The molecule has 0 atom stereocenters. The van der Waals surface area contributed by atoms with Gasteiger partial charge in [-0.2, -0.15) is 0 Å². The highest BCUT2D eigenvalue weighted by Gasteiger charge is 2.13. The minimum absolute atomic E-state index is 0.0434. The van der Waals surface area contributed by atoms with Crippen LogP contribution in [0.1, 0.15) is 20.8 Å². The van der Waals surface area contributed by atoms with Crippen LogP contribution >= 0.6 is 11.3 Å². The lowest BCUT2D eigenvalue weighted by Gasteiger charge is -2.10. The van der Waals surface area contributed by atoms with Gasteiger partial charge in [-0.1, -0.05) is 6.07 Å². The van der Waals surface area contributed by atoms with Gasteiger partial charge in [0, 0.05) is 11.6 Å². The summed E-state index contributed by atoms with van der Waals surface area (Å²) in [7, 11) is 1.54. The van der Waals surface area contributed by atoms with E-state index in [4.69, 9.17) is 9.47 Å². The first kappa shape index (κ1) is 18.8. The van der Waals surface area contributed by atoms with E-state index < -0.39 is 11.6 Å². The van der Waals surface area contributed by atoms with Crippen molar-refractivity contribution in [1.82, 2.24) is 0 Å². The van der Waals surface area contributed by atoms with Gasteiger partial charge in [-0.3, -0.25) is 4.79 Å². The number of benzene rings is 2. The number of amides is 1. The Bertz CT molecular complexity index is 972. The fraction of sp³-hybridized carbons (Fsp3) is 0.150. The summed E-state index contributed by atoms with van der Waals surface area (Å²) in [5, 5.41) is 4.58. The molecule has 0 aliphatic rings. The highest BCUT2D eigenvalue weighted by Crippen LogP contribution is 2.27. The van der Waals surface area contributed by atoms with E-state index in [-0.39, 0.29) is 18.3 Å². The standard InChI is InChI=1S/C20H17F2NO3S/c1-12-3-5-18(25-2)16(7-12)23-20(24)19-8-13(11-27-19)10-26-17-6-4-14(21)9-15(17)22/h3-9,11H,10H2,1-2H3,(H,23,24). The number of rotatable bonds is 6. The molecule has 0 unspecified atom stereocenters. The molecule has 0 bridgehead atoms. The number of halogens is 2. The maximum atomic E-state index is 13.6. The Morgan fingerprint density at radius 3 is 2.63 bits per heavy atom. The number of thiophene rings is 1. The van der Waals surface area contributed by atoms with E-state index >= 15 is 0 Å². The molecular formula is C20H17F2NO3S. The second-order valence-corrected chi connectivity index (χ2v) is 6.75. The maximum absolute atomic E-state index is 13.6. The van der Waals surface area contributed by atoms with Crippen LogP contribution in [0.2, 0.25) is 0 Å². The van der Waals surface area contributed by atoms with Crippen molar-refractivity contribution >= 4 is 22.9 Å². The van der Waals surface area contributed by atoms with E-state index in [9.17, 15) is 13.6 Å². The number of carbonyl (C=O) groups excluding carboxylic acids is 1. The van der Waals surface area contributed by atoms with Gasteiger partial charge >= 0.3 is 0 Å². The molecule has 3 aromatic rings. The van der Waals surface area contributed by atoms with E-state index in [1.165, 1.54) is 24.5 Å². The average Bonchev–Trinajstić information content (AvgIpc) is 3.10. The summed E-state index contributed by atoms with van der Waals surface area (Å²) in [5.41, 5.74) is 2.29. The van der Waals surface area contributed by atoms with Crippen molar-refractivity contribution in [2.75, 3.05) is 12.4 Å². The lowest BCUT2D eigenvalue weighted by atomic mass is 10.2. The van der Waals surface area contributed by atoms with Gasteiger partial charge in [0.1, 0.15) is 18.2 Å². The zero-order valence-corrected chi connectivity index (χ0v) is 15.5. The highest BCUT2D eigenvalue weighted by molar-refractivity contribution is 7.12. The van der Waals surface area contributed by atoms with Gasteiger partial charge in [0.25, 0.3) is 5.91 Å². The van der Waals surface area contributed by atoms with Crippen molar-refractivity contribution < 1.29 is 23.0 Å². The summed E-state index contributed by atoms with van der Waals surface area (Å²) in [6.07, 6.45) is 0. The Morgan fingerprint density at radius 1 is 1.11 bits per heavy atom. The summed E-state index contributed by atoms with van der Waals surface area (Å²) < 4.78 is 37.1. The molecule has 0 saturated carbocycles. The summed E-state index contributed by atoms with van der Waals surface area (Å²) in [6.45, 7) is 1.99. The van der Waals surface area contributed by atoms with Gasteiger partial charge in [0.15, 0.2) is 11.6 Å². The second-order valence-electron chi connectivity index (χ2n) is 5.84. The number of methoxy groups -OCH3 is 1. The molecule has 4 nitrogen and oxygen atoms in total. The monoisotopic (exact) mass is 389 g/mol. The minimum Gasteiger partial charge on any atom is -0.495 e. The molecule has 1 aromatic heterocycles. The molecule has 0 aliphatic carbocycles. The molecule has 7 heteroatoms. The Kier molecular flexibility index (Phi) is 5.71. The van der Waals surface area contributed by atoms with Crippen molar-refractivity contribution in [2.24, 2.45) is 0 Å². The van der Waals surface area contributed by atoms with Crippen LogP contribution in [0.5, 0.6) is 11.5 Å². The van der Waals surface area contributed by atoms with E-state index in [0.717, 1.165) is 17.7 Å². The Balaban J connectivity index is 1.66. The smallest absolute Gasteiger partial charge is 0.265 e. The quantitative estimate of drug-likeness (QED) is 0.632. The normalized spacial score (nSPS) is 10.5. The number of ether oxygens (including phenoxy) is 2. The van der Waals surface area contributed by atoms with Crippen LogP contribution in [0.25, 0.3) is 0 Å². The molecule has 1 N–H and O–H groups in total. The molecular weight excluding hydrogens is 372 g/mol. The van der Waals surface area contributed by atoms with Gasteiger partial charge in [0.05, 0.1) is 17.7 Å².